The topological polar surface area (TPSA) is 106 Å². The van der Waals surface area contributed by atoms with Gasteiger partial charge < -0.3 is 19.9 Å². The summed E-state index contributed by atoms with van der Waals surface area (Å²) in [5.74, 6) is 1.23. The molecule has 152 valence electrons. The van der Waals surface area contributed by atoms with Gasteiger partial charge in [0.25, 0.3) is 0 Å². The molecule has 4 rings (SSSR count). The van der Waals surface area contributed by atoms with Crippen LogP contribution in [-0.2, 0) is 6.61 Å². The van der Waals surface area contributed by atoms with Gasteiger partial charge >= 0.3 is 0 Å². The average Bonchev–Trinajstić information content (AvgIpc) is 3.12. The normalized spacial score (nSPS) is 15.2. The zero-order valence-corrected chi connectivity index (χ0v) is 17.0. The summed E-state index contributed by atoms with van der Waals surface area (Å²) in [5, 5.41) is 16.8. The lowest BCUT2D eigenvalue weighted by molar-refractivity contribution is 0.284. The van der Waals surface area contributed by atoms with E-state index in [1.165, 1.54) is 5.56 Å². The Balaban J connectivity index is 1.68. The van der Waals surface area contributed by atoms with Gasteiger partial charge in [0.1, 0.15) is 18.2 Å². The molecule has 0 saturated heterocycles. The highest BCUT2D eigenvalue weighted by Gasteiger charge is 2.34. The summed E-state index contributed by atoms with van der Waals surface area (Å²) in [5.41, 5.74) is 11.0. The van der Waals surface area contributed by atoms with Crippen molar-refractivity contribution < 1.29 is 14.2 Å². The number of benzene rings is 2. The van der Waals surface area contributed by atoms with Crippen molar-refractivity contribution in [2.45, 2.75) is 26.4 Å². The molecule has 1 aromatic heterocycles. The highest BCUT2D eigenvalue weighted by Crippen LogP contribution is 2.44. The van der Waals surface area contributed by atoms with Gasteiger partial charge in [0.2, 0.25) is 11.8 Å². The van der Waals surface area contributed by atoms with E-state index in [0.29, 0.717) is 29.6 Å². The van der Waals surface area contributed by atoms with Gasteiger partial charge in [-0.1, -0.05) is 35.9 Å². The first-order valence-corrected chi connectivity index (χ1v) is 9.50. The minimum Gasteiger partial charge on any atom is -0.493 e. The van der Waals surface area contributed by atoms with Gasteiger partial charge in [-0.2, -0.15) is 5.26 Å². The monoisotopic (exact) mass is 402 g/mol. The van der Waals surface area contributed by atoms with Crippen LogP contribution in [0.4, 0.5) is 0 Å². The van der Waals surface area contributed by atoms with Crippen LogP contribution in [0.1, 0.15) is 33.9 Å². The Morgan fingerprint density at radius 2 is 1.93 bits per heavy atom. The molecular weight excluding hydrogens is 380 g/mol. The van der Waals surface area contributed by atoms with Gasteiger partial charge in [-0.15, -0.1) is 5.10 Å². The molecule has 1 aliphatic rings. The summed E-state index contributed by atoms with van der Waals surface area (Å²) in [6.07, 6.45) is 0. The standard InChI is InChI=1S/C23H22N4O3/c1-13-4-6-15(7-5-13)12-29-18-9-8-16(10-19(18)28-3)21-17(11-24)22(25)30-23-20(21)14(2)26-27-23/h4-10,21H,12,25H2,1-3H3,(H,26,27)/t21-/m1/s1. The summed E-state index contributed by atoms with van der Waals surface area (Å²) < 4.78 is 17.1. The molecule has 3 N–H and O–H groups in total. The summed E-state index contributed by atoms with van der Waals surface area (Å²) >= 11 is 0. The SMILES string of the molecule is COc1cc([C@@H]2C(C#N)=C(N)Oc3n[nH]c(C)c32)ccc1OCc1ccc(C)cc1. The van der Waals surface area contributed by atoms with E-state index in [9.17, 15) is 5.26 Å². The Morgan fingerprint density at radius 1 is 1.17 bits per heavy atom. The second kappa shape index (κ2) is 7.84. The van der Waals surface area contributed by atoms with Crippen molar-refractivity contribution in [2.75, 3.05) is 7.11 Å². The first-order chi connectivity index (χ1) is 14.5. The van der Waals surface area contributed by atoms with Gasteiger partial charge in [-0.05, 0) is 37.1 Å². The summed E-state index contributed by atoms with van der Waals surface area (Å²) in [4.78, 5) is 0. The fourth-order valence-electron chi connectivity index (χ4n) is 3.56. The van der Waals surface area contributed by atoms with E-state index in [-0.39, 0.29) is 5.88 Å². The molecule has 2 aromatic carbocycles. The predicted molar refractivity (Wildman–Crippen MR) is 111 cm³/mol. The Morgan fingerprint density at radius 3 is 2.63 bits per heavy atom. The second-order valence-electron chi connectivity index (χ2n) is 7.18. The number of fused-ring (bicyclic) bond motifs is 1. The van der Waals surface area contributed by atoms with Crippen LogP contribution in [0.5, 0.6) is 17.4 Å². The number of H-pyrrole nitrogens is 1. The molecule has 1 atom stereocenters. The van der Waals surface area contributed by atoms with Crippen molar-refractivity contribution in [1.29, 1.82) is 5.26 Å². The van der Waals surface area contributed by atoms with E-state index in [2.05, 4.69) is 28.4 Å². The lowest BCUT2D eigenvalue weighted by atomic mass is 9.84. The maximum atomic E-state index is 9.70. The number of ether oxygens (including phenoxy) is 3. The van der Waals surface area contributed by atoms with E-state index in [4.69, 9.17) is 19.9 Å². The van der Waals surface area contributed by atoms with Gasteiger partial charge in [0.15, 0.2) is 11.5 Å². The highest BCUT2D eigenvalue weighted by molar-refractivity contribution is 5.57. The number of aryl methyl sites for hydroxylation is 2. The molecule has 1 aliphatic heterocycles. The van der Waals surface area contributed by atoms with Crippen LogP contribution in [-0.4, -0.2) is 17.3 Å². The van der Waals surface area contributed by atoms with Crippen LogP contribution in [0.3, 0.4) is 0 Å². The number of aromatic amines is 1. The van der Waals surface area contributed by atoms with E-state index >= 15 is 0 Å². The lowest BCUT2D eigenvalue weighted by Crippen LogP contribution is -2.21. The van der Waals surface area contributed by atoms with E-state index in [0.717, 1.165) is 22.4 Å². The Kier molecular flexibility index (Phi) is 5.07. The largest absolute Gasteiger partial charge is 0.493 e. The average molecular weight is 402 g/mol. The maximum absolute atomic E-state index is 9.70. The van der Waals surface area contributed by atoms with E-state index < -0.39 is 5.92 Å². The van der Waals surface area contributed by atoms with Gasteiger partial charge in [0.05, 0.1) is 13.0 Å². The van der Waals surface area contributed by atoms with Crippen LogP contribution < -0.4 is 19.9 Å². The summed E-state index contributed by atoms with van der Waals surface area (Å²) in [6.45, 7) is 4.36. The molecule has 0 saturated carbocycles. The molecule has 3 aromatic rings. The second-order valence-corrected chi connectivity index (χ2v) is 7.18. The number of rotatable bonds is 5. The third-order valence-corrected chi connectivity index (χ3v) is 5.17. The molecule has 2 heterocycles. The van der Waals surface area contributed by atoms with E-state index in [1.807, 2.05) is 44.2 Å². The minimum absolute atomic E-state index is 0.0557. The zero-order chi connectivity index (χ0) is 21.3. The number of allylic oxidation sites excluding steroid dienone is 1. The molecule has 0 spiro atoms. The number of aromatic nitrogens is 2. The molecule has 0 bridgehead atoms. The van der Waals surface area contributed by atoms with Crippen molar-refractivity contribution in [3.63, 3.8) is 0 Å². The fourth-order valence-corrected chi connectivity index (χ4v) is 3.56. The molecule has 0 aliphatic carbocycles. The quantitative estimate of drug-likeness (QED) is 0.672. The Hall–Kier alpha value is -3.92. The Labute approximate surface area is 174 Å². The van der Waals surface area contributed by atoms with Crippen LogP contribution in [0, 0.1) is 25.2 Å². The third kappa shape index (κ3) is 3.44. The van der Waals surface area contributed by atoms with Gasteiger partial charge in [0, 0.05) is 11.3 Å². The van der Waals surface area contributed by atoms with Gasteiger partial charge in [-0.25, -0.2) is 0 Å². The first-order valence-electron chi connectivity index (χ1n) is 9.50. The van der Waals surface area contributed by atoms with Crippen LogP contribution in [0.15, 0.2) is 53.9 Å². The molecule has 30 heavy (non-hydrogen) atoms. The molecular formula is C23H22N4O3. The van der Waals surface area contributed by atoms with E-state index in [1.54, 1.807) is 7.11 Å². The lowest BCUT2D eigenvalue weighted by Gasteiger charge is -2.24. The van der Waals surface area contributed by atoms with Crippen LogP contribution in [0.25, 0.3) is 0 Å². The summed E-state index contributed by atoms with van der Waals surface area (Å²) in [7, 11) is 1.59. The number of nitriles is 1. The smallest absolute Gasteiger partial charge is 0.244 e. The fraction of sp³-hybridized carbons (Fsp3) is 0.217. The predicted octanol–water partition coefficient (Wildman–Crippen LogP) is 3.83. The number of hydrogen-bond acceptors (Lipinski definition) is 6. The molecule has 7 nitrogen and oxygen atoms in total. The number of nitrogens with one attached hydrogen (secondary N) is 1. The van der Waals surface area contributed by atoms with Crippen molar-refractivity contribution in [2.24, 2.45) is 5.73 Å². The number of methoxy groups -OCH3 is 1. The Bertz CT molecular complexity index is 1160. The summed E-state index contributed by atoms with van der Waals surface area (Å²) in [6, 6.07) is 16.0. The van der Waals surface area contributed by atoms with Crippen LogP contribution in [0.2, 0.25) is 0 Å². The molecule has 7 heteroatoms. The van der Waals surface area contributed by atoms with Crippen molar-refractivity contribution in [3.8, 4) is 23.4 Å². The minimum atomic E-state index is -0.405. The molecule has 0 amide bonds. The number of nitrogens with zero attached hydrogens (tertiary/aromatic N) is 2. The van der Waals surface area contributed by atoms with Crippen molar-refractivity contribution >= 4 is 0 Å². The molecule has 0 radical (unpaired) electrons. The van der Waals surface area contributed by atoms with Gasteiger partial charge in [-0.3, -0.25) is 5.10 Å². The molecule has 0 unspecified atom stereocenters. The third-order valence-electron chi connectivity index (χ3n) is 5.17. The van der Waals surface area contributed by atoms with Crippen LogP contribution >= 0.6 is 0 Å². The van der Waals surface area contributed by atoms with Crippen molar-refractivity contribution in [1.82, 2.24) is 10.2 Å². The highest BCUT2D eigenvalue weighted by atomic mass is 16.5. The number of nitrogens with two attached hydrogens (primary N) is 1. The maximum Gasteiger partial charge on any atom is 0.244 e. The first kappa shape index (κ1) is 19.4. The number of hydrogen-bond donors (Lipinski definition) is 2. The van der Waals surface area contributed by atoms with Crippen molar-refractivity contribution in [3.05, 3.63) is 81.9 Å². The zero-order valence-electron chi connectivity index (χ0n) is 17.0. The molecule has 0 fully saturated rings.